The monoisotopic (exact) mass is 264 g/mol. The highest BCUT2D eigenvalue weighted by atomic mass is 35.5. The van der Waals surface area contributed by atoms with Crippen molar-refractivity contribution in [3.8, 4) is 0 Å². The third kappa shape index (κ3) is 2.26. The first kappa shape index (κ1) is 12.3. The van der Waals surface area contributed by atoms with Crippen LogP contribution in [0.1, 0.15) is 5.56 Å². The zero-order valence-electron chi connectivity index (χ0n) is 9.44. The molecule has 0 radical (unpaired) electrons. The fourth-order valence-corrected chi connectivity index (χ4v) is 1.60. The van der Waals surface area contributed by atoms with Crippen LogP contribution in [0.5, 0.6) is 0 Å². The van der Waals surface area contributed by atoms with Gasteiger partial charge in [0.25, 0.3) is 11.8 Å². The first-order valence-electron chi connectivity index (χ1n) is 5.09. The van der Waals surface area contributed by atoms with Gasteiger partial charge < -0.3 is 0 Å². The Kier molecular flexibility index (Phi) is 3.16. The van der Waals surface area contributed by atoms with Gasteiger partial charge in [0.15, 0.2) is 0 Å². The zero-order valence-corrected chi connectivity index (χ0v) is 10.2. The summed E-state index contributed by atoms with van der Waals surface area (Å²) < 4.78 is 0. The Hall–Kier alpha value is -2.14. The molecule has 1 N–H and O–H groups in total. The molecular weight excluding hydrogens is 256 g/mol. The molecule has 1 heterocycles. The van der Waals surface area contributed by atoms with Crippen molar-refractivity contribution in [2.24, 2.45) is 0 Å². The average Bonchev–Trinajstić information content (AvgIpc) is 2.34. The molecule has 0 spiro atoms. The van der Waals surface area contributed by atoms with Crippen molar-refractivity contribution in [2.75, 3.05) is 7.05 Å². The summed E-state index contributed by atoms with van der Waals surface area (Å²) in [5.74, 6) is -1.32. The number of barbiturate groups is 1. The zero-order chi connectivity index (χ0) is 13.3. The predicted octanol–water partition coefficient (Wildman–Crippen LogP) is 1.43. The second-order valence-electron chi connectivity index (χ2n) is 3.73. The molecule has 0 atom stereocenters. The Morgan fingerprint density at radius 1 is 1.17 bits per heavy atom. The molecule has 0 unspecified atom stereocenters. The maximum Gasteiger partial charge on any atom is 0.331 e. The van der Waals surface area contributed by atoms with Crippen molar-refractivity contribution >= 4 is 35.5 Å². The van der Waals surface area contributed by atoms with Gasteiger partial charge in [0, 0.05) is 12.1 Å². The maximum atomic E-state index is 11.8. The molecule has 1 aliphatic rings. The lowest BCUT2D eigenvalue weighted by atomic mass is 10.1. The first-order valence-corrected chi connectivity index (χ1v) is 5.47. The van der Waals surface area contributed by atoms with Gasteiger partial charge in [-0.05, 0) is 23.8 Å². The first-order chi connectivity index (χ1) is 8.49. The summed E-state index contributed by atoms with van der Waals surface area (Å²) in [6, 6.07) is 5.92. The molecular formula is C12H9ClN2O3. The van der Waals surface area contributed by atoms with Gasteiger partial charge in [-0.3, -0.25) is 19.8 Å². The van der Waals surface area contributed by atoms with Gasteiger partial charge in [-0.25, -0.2) is 4.79 Å². The van der Waals surface area contributed by atoms with Crippen molar-refractivity contribution in [3.05, 3.63) is 40.4 Å². The van der Waals surface area contributed by atoms with Crippen molar-refractivity contribution < 1.29 is 14.4 Å². The number of carbonyl (C=O) groups excluding carboxylic acids is 3. The minimum Gasteiger partial charge on any atom is -0.273 e. The number of nitrogens with one attached hydrogen (secondary N) is 1. The number of carbonyl (C=O) groups is 3. The number of imide groups is 2. The minimum absolute atomic E-state index is 0.0839. The highest BCUT2D eigenvalue weighted by molar-refractivity contribution is 6.31. The van der Waals surface area contributed by atoms with Crippen molar-refractivity contribution in [1.29, 1.82) is 0 Å². The summed E-state index contributed by atoms with van der Waals surface area (Å²) in [7, 11) is 1.31. The van der Waals surface area contributed by atoms with Gasteiger partial charge in [0.05, 0.1) is 0 Å². The molecule has 1 aliphatic heterocycles. The number of hydrogen-bond donors (Lipinski definition) is 1. The molecule has 5 nitrogen and oxygen atoms in total. The number of hydrogen-bond acceptors (Lipinski definition) is 3. The van der Waals surface area contributed by atoms with E-state index in [1.165, 1.54) is 13.1 Å². The van der Waals surface area contributed by atoms with Gasteiger partial charge >= 0.3 is 6.03 Å². The Morgan fingerprint density at radius 3 is 2.39 bits per heavy atom. The number of rotatable bonds is 1. The summed E-state index contributed by atoms with van der Waals surface area (Å²) in [6.07, 6.45) is 1.41. The summed E-state index contributed by atoms with van der Waals surface area (Å²) in [5, 5.41) is 2.63. The van der Waals surface area contributed by atoms with Gasteiger partial charge in [-0.1, -0.05) is 23.7 Å². The second-order valence-corrected chi connectivity index (χ2v) is 4.17. The Labute approximate surface area is 108 Å². The van der Waals surface area contributed by atoms with Crippen LogP contribution >= 0.6 is 11.6 Å². The molecule has 4 amide bonds. The number of benzene rings is 1. The van der Waals surface area contributed by atoms with Gasteiger partial charge in [0.1, 0.15) is 5.57 Å². The molecule has 92 valence electrons. The summed E-state index contributed by atoms with van der Waals surface area (Å²) in [6.45, 7) is 0. The Balaban J connectivity index is 2.37. The summed E-state index contributed by atoms with van der Waals surface area (Å²) >= 11 is 5.73. The molecule has 6 heteroatoms. The molecule has 18 heavy (non-hydrogen) atoms. The van der Waals surface area contributed by atoms with Crippen molar-refractivity contribution in [3.63, 3.8) is 0 Å². The third-order valence-electron chi connectivity index (χ3n) is 2.49. The minimum atomic E-state index is -0.724. The molecule has 1 aromatic rings. The average molecular weight is 265 g/mol. The fraction of sp³-hybridized carbons (Fsp3) is 0.0833. The van der Waals surface area contributed by atoms with Crippen LogP contribution in [0.4, 0.5) is 4.79 Å². The smallest absolute Gasteiger partial charge is 0.273 e. The fourth-order valence-electron chi connectivity index (χ4n) is 1.47. The highest BCUT2D eigenvalue weighted by Crippen LogP contribution is 2.15. The number of urea groups is 1. The molecule has 1 aromatic carbocycles. The summed E-state index contributed by atoms with van der Waals surface area (Å²) in [4.78, 5) is 35.4. The van der Waals surface area contributed by atoms with Crippen LogP contribution in [0.2, 0.25) is 5.02 Å². The number of halogens is 1. The van der Waals surface area contributed by atoms with E-state index in [9.17, 15) is 14.4 Å². The van der Waals surface area contributed by atoms with E-state index in [4.69, 9.17) is 11.6 Å². The topological polar surface area (TPSA) is 66.5 Å². The normalized spacial score (nSPS) is 18.2. The molecule has 0 aliphatic carbocycles. The van der Waals surface area contributed by atoms with E-state index in [0.29, 0.717) is 10.6 Å². The van der Waals surface area contributed by atoms with Gasteiger partial charge in [0.2, 0.25) is 0 Å². The van der Waals surface area contributed by atoms with E-state index in [-0.39, 0.29) is 5.57 Å². The van der Waals surface area contributed by atoms with Crippen LogP contribution in [0, 0.1) is 0 Å². The van der Waals surface area contributed by atoms with Crippen LogP contribution in [0.25, 0.3) is 6.08 Å². The molecule has 0 saturated carbocycles. The lowest BCUT2D eigenvalue weighted by Gasteiger charge is -2.22. The standard InChI is InChI=1S/C12H9ClN2O3/c1-15-11(17)9(10(16)14-12(15)18)6-7-2-4-8(13)5-3-7/h2-6H,1H3,(H,14,16,18). The highest BCUT2D eigenvalue weighted by Gasteiger charge is 2.32. The second kappa shape index (κ2) is 4.62. The van der Waals surface area contributed by atoms with E-state index in [1.54, 1.807) is 24.3 Å². The van der Waals surface area contributed by atoms with Crippen molar-refractivity contribution in [2.45, 2.75) is 0 Å². The third-order valence-corrected chi connectivity index (χ3v) is 2.74. The van der Waals surface area contributed by atoms with Crippen molar-refractivity contribution in [1.82, 2.24) is 10.2 Å². The Bertz CT molecular complexity index is 563. The Morgan fingerprint density at radius 2 is 1.78 bits per heavy atom. The number of amides is 4. The van der Waals surface area contributed by atoms with Gasteiger partial charge in [-0.15, -0.1) is 0 Å². The maximum absolute atomic E-state index is 11.8. The van der Waals surface area contributed by atoms with Crippen LogP contribution in [-0.2, 0) is 9.59 Å². The largest absolute Gasteiger partial charge is 0.331 e. The van der Waals surface area contributed by atoms with Crippen LogP contribution in [-0.4, -0.2) is 29.8 Å². The predicted molar refractivity (Wildman–Crippen MR) is 65.7 cm³/mol. The van der Waals surface area contributed by atoms with E-state index in [2.05, 4.69) is 5.32 Å². The SMILES string of the molecule is CN1C(=O)NC(=O)C(=Cc2ccc(Cl)cc2)C1=O. The quantitative estimate of drug-likeness (QED) is 0.616. The molecule has 0 aromatic heterocycles. The van der Waals surface area contributed by atoms with Gasteiger partial charge in [-0.2, -0.15) is 0 Å². The van der Waals surface area contributed by atoms with E-state index < -0.39 is 17.8 Å². The molecule has 1 fully saturated rings. The van der Waals surface area contributed by atoms with Crippen LogP contribution < -0.4 is 5.32 Å². The van der Waals surface area contributed by atoms with Crippen LogP contribution in [0.3, 0.4) is 0 Å². The molecule has 1 saturated heterocycles. The van der Waals surface area contributed by atoms with E-state index in [0.717, 1.165) is 4.90 Å². The molecule has 2 rings (SSSR count). The number of likely N-dealkylation sites (N-methyl/N-ethyl adjacent to an activating group) is 1. The molecule has 0 bridgehead atoms. The van der Waals surface area contributed by atoms with E-state index in [1.807, 2.05) is 0 Å². The van der Waals surface area contributed by atoms with Crippen LogP contribution in [0.15, 0.2) is 29.8 Å². The lowest BCUT2D eigenvalue weighted by Crippen LogP contribution is -2.52. The lowest BCUT2D eigenvalue weighted by molar-refractivity contribution is -0.129. The van der Waals surface area contributed by atoms with E-state index >= 15 is 0 Å². The number of nitrogens with zero attached hydrogens (tertiary/aromatic N) is 1. The summed E-state index contributed by atoms with van der Waals surface area (Å²) in [5.41, 5.74) is 0.570.